The van der Waals surface area contributed by atoms with Crippen molar-refractivity contribution in [1.29, 1.82) is 0 Å². The van der Waals surface area contributed by atoms with E-state index in [1.165, 1.54) is 73.6 Å². The SMILES string of the molecule is CCCCCCc1ccc(-c2ccccc2C2(OCC)CCCCC2)cc1. The fraction of sp³-hybridized carbons (Fsp3) is 0.538. The van der Waals surface area contributed by atoms with Crippen LogP contribution < -0.4 is 0 Å². The molecule has 1 heteroatoms. The quantitative estimate of drug-likeness (QED) is 0.415. The summed E-state index contributed by atoms with van der Waals surface area (Å²) in [6, 6.07) is 18.2. The van der Waals surface area contributed by atoms with E-state index in [9.17, 15) is 0 Å². The molecule has 0 aliphatic heterocycles. The molecule has 0 atom stereocenters. The van der Waals surface area contributed by atoms with Gasteiger partial charge in [-0.3, -0.25) is 0 Å². The van der Waals surface area contributed by atoms with Gasteiger partial charge in [-0.2, -0.15) is 0 Å². The van der Waals surface area contributed by atoms with Crippen molar-refractivity contribution in [3.05, 3.63) is 59.7 Å². The highest BCUT2D eigenvalue weighted by atomic mass is 16.5. The Morgan fingerprint density at radius 2 is 1.56 bits per heavy atom. The minimum atomic E-state index is -0.0948. The first-order chi connectivity index (χ1) is 13.3. The predicted molar refractivity (Wildman–Crippen MR) is 116 cm³/mol. The summed E-state index contributed by atoms with van der Waals surface area (Å²) < 4.78 is 6.42. The van der Waals surface area contributed by atoms with Gasteiger partial charge in [0.2, 0.25) is 0 Å². The maximum atomic E-state index is 6.42. The van der Waals surface area contributed by atoms with Crippen LogP contribution in [0.1, 0.15) is 82.8 Å². The fourth-order valence-electron chi connectivity index (χ4n) is 4.63. The molecule has 3 rings (SSSR count). The van der Waals surface area contributed by atoms with Gasteiger partial charge < -0.3 is 4.74 Å². The number of hydrogen-bond acceptors (Lipinski definition) is 1. The number of unbranched alkanes of at least 4 members (excludes halogenated alkanes) is 3. The molecule has 0 N–H and O–H groups in total. The molecular weight excluding hydrogens is 328 g/mol. The summed E-state index contributed by atoms with van der Waals surface area (Å²) in [7, 11) is 0. The molecule has 0 saturated heterocycles. The molecule has 1 aliphatic rings. The third kappa shape index (κ3) is 5.02. The fourth-order valence-corrected chi connectivity index (χ4v) is 4.63. The van der Waals surface area contributed by atoms with Gasteiger partial charge in [0.15, 0.2) is 0 Å². The Balaban J connectivity index is 1.83. The summed E-state index contributed by atoms with van der Waals surface area (Å²) in [6.45, 7) is 5.19. The van der Waals surface area contributed by atoms with Crippen molar-refractivity contribution in [3.63, 3.8) is 0 Å². The zero-order valence-corrected chi connectivity index (χ0v) is 17.3. The lowest BCUT2D eigenvalue weighted by Crippen LogP contribution is -2.33. The van der Waals surface area contributed by atoms with Crippen molar-refractivity contribution < 1.29 is 4.74 Å². The van der Waals surface area contributed by atoms with Gasteiger partial charge in [0.1, 0.15) is 0 Å². The van der Waals surface area contributed by atoms with Gasteiger partial charge in [-0.15, -0.1) is 0 Å². The van der Waals surface area contributed by atoms with Crippen LogP contribution in [0.3, 0.4) is 0 Å². The monoisotopic (exact) mass is 364 g/mol. The summed E-state index contributed by atoms with van der Waals surface area (Å²) in [6.07, 6.45) is 12.7. The van der Waals surface area contributed by atoms with Gasteiger partial charge in [0.05, 0.1) is 5.60 Å². The molecule has 2 aromatic rings. The summed E-state index contributed by atoms with van der Waals surface area (Å²) in [4.78, 5) is 0. The Labute approximate surface area is 166 Å². The van der Waals surface area contributed by atoms with E-state index in [1.807, 2.05) is 0 Å². The Bertz CT molecular complexity index is 674. The number of aryl methyl sites for hydroxylation is 1. The summed E-state index contributed by atoms with van der Waals surface area (Å²) in [5.41, 5.74) is 5.44. The Kier molecular flexibility index (Phi) is 7.52. The van der Waals surface area contributed by atoms with Crippen LogP contribution >= 0.6 is 0 Å². The van der Waals surface area contributed by atoms with Gasteiger partial charge >= 0.3 is 0 Å². The Morgan fingerprint density at radius 3 is 2.26 bits per heavy atom. The Morgan fingerprint density at radius 1 is 0.815 bits per heavy atom. The first kappa shape index (κ1) is 20.1. The van der Waals surface area contributed by atoms with E-state index in [2.05, 4.69) is 62.4 Å². The van der Waals surface area contributed by atoms with Crippen LogP contribution in [0.15, 0.2) is 48.5 Å². The molecule has 0 bridgehead atoms. The third-order valence-corrected chi connectivity index (χ3v) is 6.08. The summed E-state index contributed by atoms with van der Waals surface area (Å²) in [5.74, 6) is 0. The number of ether oxygens (including phenoxy) is 1. The van der Waals surface area contributed by atoms with Gasteiger partial charge in [0, 0.05) is 6.61 Å². The van der Waals surface area contributed by atoms with Gasteiger partial charge in [-0.25, -0.2) is 0 Å². The molecule has 1 saturated carbocycles. The van der Waals surface area contributed by atoms with E-state index in [1.54, 1.807) is 0 Å². The summed E-state index contributed by atoms with van der Waals surface area (Å²) >= 11 is 0. The van der Waals surface area contributed by atoms with Crippen molar-refractivity contribution in [2.24, 2.45) is 0 Å². The smallest absolute Gasteiger partial charge is 0.0937 e. The first-order valence-electron chi connectivity index (χ1n) is 11.1. The lowest BCUT2D eigenvalue weighted by atomic mass is 9.76. The maximum Gasteiger partial charge on any atom is 0.0937 e. The minimum Gasteiger partial charge on any atom is -0.371 e. The van der Waals surface area contributed by atoms with Crippen molar-refractivity contribution in [2.75, 3.05) is 6.61 Å². The molecule has 0 radical (unpaired) electrons. The number of rotatable bonds is 9. The molecule has 0 heterocycles. The molecular formula is C26H36O. The summed E-state index contributed by atoms with van der Waals surface area (Å²) in [5, 5.41) is 0. The lowest BCUT2D eigenvalue weighted by Gasteiger charge is -2.39. The van der Waals surface area contributed by atoms with Crippen molar-refractivity contribution in [1.82, 2.24) is 0 Å². The molecule has 146 valence electrons. The number of benzene rings is 2. The van der Waals surface area contributed by atoms with Crippen molar-refractivity contribution in [3.8, 4) is 11.1 Å². The van der Waals surface area contributed by atoms with Crippen molar-refractivity contribution in [2.45, 2.75) is 83.7 Å². The molecule has 0 aromatic heterocycles. The van der Waals surface area contributed by atoms with Crippen molar-refractivity contribution >= 4 is 0 Å². The standard InChI is InChI=1S/C26H36O/c1-3-5-6-8-13-22-16-18-23(19-17-22)24-14-9-10-15-25(24)26(27-4-2)20-11-7-12-21-26/h9-10,14-19H,3-8,11-13,20-21H2,1-2H3. The molecule has 1 fully saturated rings. The highest BCUT2D eigenvalue weighted by Gasteiger charge is 2.36. The molecule has 0 amide bonds. The largest absolute Gasteiger partial charge is 0.371 e. The highest BCUT2D eigenvalue weighted by Crippen LogP contribution is 2.44. The van der Waals surface area contributed by atoms with E-state index in [4.69, 9.17) is 4.74 Å². The molecule has 27 heavy (non-hydrogen) atoms. The average molecular weight is 365 g/mol. The zero-order chi connectivity index (χ0) is 19.0. The van der Waals surface area contributed by atoms with E-state index >= 15 is 0 Å². The maximum absolute atomic E-state index is 6.42. The average Bonchev–Trinajstić information content (AvgIpc) is 2.73. The topological polar surface area (TPSA) is 9.23 Å². The van der Waals surface area contributed by atoms with Gasteiger partial charge in [-0.05, 0) is 54.9 Å². The second-order valence-electron chi connectivity index (χ2n) is 8.04. The second-order valence-corrected chi connectivity index (χ2v) is 8.04. The molecule has 2 aromatic carbocycles. The van der Waals surface area contributed by atoms with Crippen LogP contribution in [0.25, 0.3) is 11.1 Å². The van der Waals surface area contributed by atoms with E-state index in [0.29, 0.717) is 0 Å². The van der Waals surface area contributed by atoms with Crippen LogP contribution in [0.5, 0.6) is 0 Å². The van der Waals surface area contributed by atoms with Crippen LogP contribution in [0.2, 0.25) is 0 Å². The first-order valence-corrected chi connectivity index (χ1v) is 11.1. The highest BCUT2D eigenvalue weighted by molar-refractivity contribution is 5.69. The van der Waals surface area contributed by atoms with Crippen LogP contribution in [0, 0.1) is 0 Å². The molecule has 1 aliphatic carbocycles. The molecule has 0 unspecified atom stereocenters. The zero-order valence-electron chi connectivity index (χ0n) is 17.3. The van der Waals surface area contributed by atoms with Gasteiger partial charge in [-0.1, -0.05) is 94.0 Å². The molecule has 1 nitrogen and oxygen atoms in total. The minimum absolute atomic E-state index is 0.0948. The van der Waals surface area contributed by atoms with Crippen LogP contribution in [-0.2, 0) is 16.8 Å². The van der Waals surface area contributed by atoms with E-state index < -0.39 is 0 Å². The lowest BCUT2D eigenvalue weighted by molar-refractivity contribution is -0.0699. The molecule has 0 spiro atoms. The van der Waals surface area contributed by atoms with Gasteiger partial charge in [0.25, 0.3) is 0 Å². The predicted octanol–water partition coefficient (Wildman–Crippen LogP) is 7.67. The van der Waals surface area contributed by atoms with Crippen LogP contribution in [0.4, 0.5) is 0 Å². The number of hydrogen-bond donors (Lipinski definition) is 0. The second kappa shape index (κ2) is 10.1. The third-order valence-electron chi connectivity index (χ3n) is 6.08. The normalized spacial score (nSPS) is 16.4. The van der Waals surface area contributed by atoms with E-state index in [-0.39, 0.29) is 5.60 Å². The van der Waals surface area contributed by atoms with Crippen LogP contribution in [-0.4, -0.2) is 6.61 Å². The Hall–Kier alpha value is -1.60. The van der Waals surface area contributed by atoms with E-state index in [0.717, 1.165) is 19.4 Å².